The number of carboxylic acids is 2. The molecule has 0 fully saturated rings. The van der Waals surface area contributed by atoms with Gasteiger partial charge in [0.05, 0.1) is 18.9 Å². The summed E-state index contributed by atoms with van der Waals surface area (Å²) in [4.78, 5) is 20.5. The number of aliphatic carboxylic acids is 2. The zero-order valence-electron chi connectivity index (χ0n) is 6.80. The van der Waals surface area contributed by atoms with Crippen molar-refractivity contribution in [1.82, 2.24) is 0 Å². The van der Waals surface area contributed by atoms with Crippen molar-refractivity contribution in [2.45, 2.75) is 18.9 Å². The molecule has 4 N–H and O–H groups in total. The largest absolute Gasteiger partial charge is 0.481 e. The van der Waals surface area contributed by atoms with Gasteiger partial charge in [-0.1, -0.05) is 0 Å². The van der Waals surface area contributed by atoms with Crippen LogP contribution in [-0.4, -0.2) is 39.6 Å². The van der Waals surface area contributed by atoms with E-state index in [1.807, 2.05) is 0 Å². The average Bonchev–Trinajstić information content (AvgIpc) is 2.00. The van der Waals surface area contributed by atoms with Crippen molar-refractivity contribution in [2.24, 2.45) is 5.92 Å². The van der Waals surface area contributed by atoms with Gasteiger partial charge in [-0.3, -0.25) is 9.59 Å². The summed E-state index contributed by atoms with van der Waals surface area (Å²) in [5.74, 6) is -3.31. The van der Waals surface area contributed by atoms with E-state index in [1.165, 1.54) is 0 Å². The van der Waals surface area contributed by atoms with Crippen LogP contribution in [0.25, 0.3) is 0 Å². The molecule has 0 aromatic heterocycles. The maximum atomic E-state index is 10.2. The first-order valence-electron chi connectivity index (χ1n) is 3.59. The van der Waals surface area contributed by atoms with Crippen molar-refractivity contribution in [3.8, 4) is 0 Å². The molecule has 0 aliphatic heterocycles. The Kier molecular flexibility index (Phi) is 4.68. The monoisotopic (exact) mass is 189 g/mol. The Bertz CT molecular complexity index is 199. The minimum atomic E-state index is -1.31. The second-order valence-corrected chi connectivity index (χ2v) is 2.61. The van der Waals surface area contributed by atoms with E-state index in [-0.39, 0.29) is 0 Å². The van der Waals surface area contributed by atoms with Gasteiger partial charge in [-0.05, 0) is 0 Å². The Morgan fingerprint density at radius 2 is 1.62 bits per heavy atom. The van der Waals surface area contributed by atoms with Gasteiger partial charge in [-0.25, -0.2) is 0 Å². The fraction of sp³-hybridized carbons (Fsp3) is 0.571. The molecule has 13 heavy (non-hydrogen) atoms. The molecule has 0 amide bonds. The van der Waals surface area contributed by atoms with E-state index >= 15 is 0 Å². The van der Waals surface area contributed by atoms with Crippen molar-refractivity contribution in [2.75, 3.05) is 0 Å². The lowest BCUT2D eigenvalue weighted by molar-refractivity contribution is -0.141. The number of hydrogen-bond acceptors (Lipinski definition) is 4. The van der Waals surface area contributed by atoms with Crippen molar-refractivity contribution < 1.29 is 24.9 Å². The fourth-order valence-electron chi connectivity index (χ4n) is 0.898. The molecule has 1 atom stereocenters. The van der Waals surface area contributed by atoms with Crippen LogP contribution in [0.5, 0.6) is 0 Å². The Balaban J connectivity index is 4.25. The Hall–Kier alpha value is -1.43. The highest BCUT2D eigenvalue weighted by Gasteiger charge is 2.23. The van der Waals surface area contributed by atoms with Crippen molar-refractivity contribution in [1.29, 1.82) is 5.41 Å². The molecule has 0 saturated carbocycles. The summed E-state index contributed by atoms with van der Waals surface area (Å²) in [5, 5.41) is 32.4. The van der Waals surface area contributed by atoms with Gasteiger partial charge in [0.15, 0.2) is 0 Å². The first-order chi connectivity index (χ1) is 5.97. The van der Waals surface area contributed by atoms with E-state index < -0.39 is 36.8 Å². The van der Waals surface area contributed by atoms with Gasteiger partial charge < -0.3 is 20.7 Å². The third-order valence-corrected chi connectivity index (χ3v) is 1.53. The molecule has 0 aromatic carbocycles. The predicted molar refractivity (Wildman–Crippen MR) is 42.8 cm³/mol. The molecule has 0 aliphatic carbocycles. The topological polar surface area (TPSA) is 119 Å². The molecular weight excluding hydrogens is 178 g/mol. The van der Waals surface area contributed by atoms with E-state index in [4.69, 9.17) is 20.7 Å². The molecule has 0 spiro atoms. The molecular formula is C7H11NO5. The standard InChI is InChI=1S/C7H11NO5/c8-3-5(9)4(1-6(10)11)2-7(12)13/h3-5,8-9H,1-2H2,(H,10,11)(H,12,13). The second-order valence-electron chi connectivity index (χ2n) is 2.61. The number of nitrogens with one attached hydrogen (secondary N) is 1. The van der Waals surface area contributed by atoms with Gasteiger partial charge in [0.25, 0.3) is 0 Å². The highest BCUT2D eigenvalue weighted by molar-refractivity contribution is 5.73. The van der Waals surface area contributed by atoms with Crippen LogP contribution in [0.4, 0.5) is 0 Å². The number of aliphatic hydroxyl groups excluding tert-OH is 1. The molecule has 6 nitrogen and oxygen atoms in total. The molecule has 0 aromatic rings. The highest BCUT2D eigenvalue weighted by Crippen LogP contribution is 2.12. The zero-order chi connectivity index (χ0) is 10.4. The molecule has 0 saturated heterocycles. The van der Waals surface area contributed by atoms with Crippen LogP contribution in [-0.2, 0) is 9.59 Å². The molecule has 0 rings (SSSR count). The summed E-state index contributed by atoms with van der Waals surface area (Å²) in [6, 6.07) is 0. The van der Waals surface area contributed by atoms with E-state index in [2.05, 4.69) is 0 Å². The first kappa shape index (κ1) is 11.6. The van der Waals surface area contributed by atoms with Gasteiger partial charge in [0.2, 0.25) is 0 Å². The summed E-state index contributed by atoms with van der Waals surface area (Å²) in [6.07, 6.45) is -1.59. The van der Waals surface area contributed by atoms with Crippen LogP contribution in [0.2, 0.25) is 0 Å². The highest BCUT2D eigenvalue weighted by atomic mass is 16.4. The summed E-state index contributed by atoms with van der Waals surface area (Å²) in [5.41, 5.74) is 0. The van der Waals surface area contributed by atoms with Gasteiger partial charge in [-0.2, -0.15) is 0 Å². The first-order valence-corrected chi connectivity index (χ1v) is 3.59. The Morgan fingerprint density at radius 3 is 1.85 bits per heavy atom. The maximum absolute atomic E-state index is 10.2. The Morgan fingerprint density at radius 1 is 1.23 bits per heavy atom. The summed E-state index contributed by atoms with van der Waals surface area (Å²) in [7, 11) is 0. The number of carbonyl (C=O) groups is 2. The lowest BCUT2D eigenvalue weighted by Gasteiger charge is -2.14. The molecule has 0 aliphatic rings. The second kappa shape index (κ2) is 5.26. The van der Waals surface area contributed by atoms with Crippen molar-refractivity contribution >= 4 is 18.2 Å². The molecule has 6 heteroatoms. The number of rotatable bonds is 6. The Labute approximate surface area is 74.3 Å². The van der Waals surface area contributed by atoms with E-state index in [0.29, 0.717) is 6.21 Å². The van der Waals surface area contributed by atoms with Crippen LogP contribution in [0, 0.1) is 11.3 Å². The number of aliphatic hydroxyl groups is 1. The smallest absolute Gasteiger partial charge is 0.303 e. The van der Waals surface area contributed by atoms with Crippen LogP contribution in [0.3, 0.4) is 0 Å². The SMILES string of the molecule is N=CC(O)C(CC(=O)O)CC(=O)O. The van der Waals surface area contributed by atoms with Gasteiger partial charge >= 0.3 is 11.9 Å². The lowest BCUT2D eigenvalue weighted by Crippen LogP contribution is -2.26. The fourth-order valence-corrected chi connectivity index (χ4v) is 0.898. The molecule has 0 radical (unpaired) electrons. The van der Waals surface area contributed by atoms with E-state index in [0.717, 1.165) is 0 Å². The predicted octanol–water partition coefficient (Wildman–Crippen LogP) is -0.438. The molecule has 0 heterocycles. The number of hydrogen-bond donors (Lipinski definition) is 4. The summed E-state index contributed by atoms with van der Waals surface area (Å²) in [6.45, 7) is 0. The van der Waals surface area contributed by atoms with Crippen LogP contribution >= 0.6 is 0 Å². The van der Waals surface area contributed by atoms with Gasteiger partial charge in [0.1, 0.15) is 0 Å². The average molecular weight is 189 g/mol. The number of carboxylic acid groups (broad SMARTS) is 2. The van der Waals surface area contributed by atoms with E-state index in [1.54, 1.807) is 0 Å². The molecule has 74 valence electrons. The minimum Gasteiger partial charge on any atom is -0.481 e. The van der Waals surface area contributed by atoms with Crippen LogP contribution in [0.1, 0.15) is 12.8 Å². The molecule has 1 unspecified atom stereocenters. The quantitative estimate of drug-likeness (QED) is 0.422. The molecule has 0 bridgehead atoms. The van der Waals surface area contributed by atoms with E-state index in [9.17, 15) is 9.59 Å². The van der Waals surface area contributed by atoms with Crippen molar-refractivity contribution in [3.05, 3.63) is 0 Å². The summed E-state index contributed by atoms with van der Waals surface area (Å²) >= 11 is 0. The normalized spacial score (nSPS) is 12.5. The lowest BCUT2D eigenvalue weighted by atomic mass is 9.96. The summed E-state index contributed by atoms with van der Waals surface area (Å²) < 4.78 is 0. The minimum absolute atomic E-state index is 0.456. The maximum Gasteiger partial charge on any atom is 0.303 e. The van der Waals surface area contributed by atoms with Crippen LogP contribution < -0.4 is 0 Å². The van der Waals surface area contributed by atoms with Crippen molar-refractivity contribution in [3.63, 3.8) is 0 Å². The van der Waals surface area contributed by atoms with Gasteiger partial charge in [-0.15, -0.1) is 0 Å². The zero-order valence-corrected chi connectivity index (χ0v) is 6.80. The van der Waals surface area contributed by atoms with Gasteiger partial charge in [0, 0.05) is 12.1 Å². The third-order valence-electron chi connectivity index (χ3n) is 1.53. The third kappa shape index (κ3) is 4.91. The van der Waals surface area contributed by atoms with Crippen LogP contribution in [0.15, 0.2) is 0 Å².